The molecule has 0 aliphatic carbocycles. The molecule has 2 aromatic carbocycles. The van der Waals surface area contributed by atoms with E-state index in [0.717, 1.165) is 11.3 Å². The number of rotatable bonds is 7. The number of carbonyl (C=O) groups excluding carboxylic acids is 2. The van der Waals surface area contributed by atoms with Crippen LogP contribution >= 0.6 is 0 Å². The lowest BCUT2D eigenvalue weighted by atomic mass is 10.2. The van der Waals surface area contributed by atoms with Crippen molar-refractivity contribution in [2.75, 3.05) is 13.7 Å². The summed E-state index contributed by atoms with van der Waals surface area (Å²) >= 11 is 0. The predicted molar refractivity (Wildman–Crippen MR) is 100 cm³/mol. The summed E-state index contributed by atoms with van der Waals surface area (Å²) in [6.07, 6.45) is 3.65. The number of nitrogens with two attached hydrogens (primary N) is 1. The van der Waals surface area contributed by atoms with Crippen LogP contribution in [0.4, 0.5) is 0 Å². The second kappa shape index (κ2) is 8.18. The molecule has 138 valence electrons. The van der Waals surface area contributed by atoms with Gasteiger partial charge in [-0.1, -0.05) is 18.2 Å². The molecule has 0 unspecified atom stereocenters. The van der Waals surface area contributed by atoms with Crippen molar-refractivity contribution in [1.82, 2.24) is 14.7 Å². The molecule has 7 heteroatoms. The van der Waals surface area contributed by atoms with Crippen LogP contribution in [0.2, 0.25) is 0 Å². The molecule has 1 aromatic heterocycles. The minimum atomic E-state index is -0.550. The van der Waals surface area contributed by atoms with E-state index in [4.69, 9.17) is 10.5 Å². The molecular formula is C20H20N4O3. The Hall–Kier alpha value is -3.61. The standard InChI is InChI=1S/C20H20N4O3/c1-23(12-15-11-22-24(13-15)17-5-3-2-4-6-17)20(26)16-7-9-18(10-8-16)27-14-19(21)25/h2-11,13H,12,14H2,1H3,(H2,21,25). The van der Waals surface area contributed by atoms with E-state index in [1.165, 1.54) is 0 Å². The number of amides is 2. The molecule has 0 saturated heterocycles. The molecule has 0 atom stereocenters. The Bertz CT molecular complexity index is 920. The lowest BCUT2D eigenvalue weighted by molar-refractivity contribution is -0.119. The second-order valence-electron chi connectivity index (χ2n) is 6.07. The van der Waals surface area contributed by atoms with Gasteiger partial charge in [-0.15, -0.1) is 0 Å². The van der Waals surface area contributed by atoms with E-state index in [1.54, 1.807) is 47.1 Å². The number of para-hydroxylation sites is 1. The number of aromatic nitrogens is 2. The Morgan fingerprint density at radius 3 is 2.48 bits per heavy atom. The van der Waals surface area contributed by atoms with Gasteiger partial charge in [0.15, 0.2) is 6.61 Å². The second-order valence-corrected chi connectivity index (χ2v) is 6.07. The molecule has 0 fully saturated rings. The van der Waals surface area contributed by atoms with Crippen LogP contribution in [0.5, 0.6) is 5.75 Å². The Kier molecular flexibility index (Phi) is 5.51. The first kappa shape index (κ1) is 18.2. The fraction of sp³-hybridized carbons (Fsp3) is 0.150. The molecule has 2 N–H and O–H groups in total. The number of nitrogens with zero attached hydrogens (tertiary/aromatic N) is 3. The van der Waals surface area contributed by atoms with Gasteiger partial charge in [-0.3, -0.25) is 9.59 Å². The van der Waals surface area contributed by atoms with Gasteiger partial charge >= 0.3 is 0 Å². The van der Waals surface area contributed by atoms with Crippen LogP contribution in [0.1, 0.15) is 15.9 Å². The Morgan fingerprint density at radius 1 is 1.11 bits per heavy atom. The fourth-order valence-corrected chi connectivity index (χ4v) is 2.58. The van der Waals surface area contributed by atoms with E-state index in [9.17, 15) is 9.59 Å². The van der Waals surface area contributed by atoms with Crippen LogP contribution in [-0.2, 0) is 11.3 Å². The van der Waals surface area contributed by atoms with Crippen molar-refractivity contribution < 1.29 is 14.3 Å². The highest BCUT2D eigenvalue weighted by Gasteiger charge is 2.13. The van der Waals surface area contributed by atoms with Gasteiger partial charge in [-0.05, 0) is 36.4 Å². The maximum absolute atomic E-state index is 12.6. The molecule has 2 amide bonds. The van der Waals surface area contributed by atoms with Crippen molar-refractivity contribution in [1.29, 1.82) is 0 Å². The van der Waals surface area contributed by atoms with Crippen molar-refractivity contribution in [3.05, 3.63) is 78.1 Å². The van der Waals surface area contributed by atoms with Gasteiger partial charge in [0.05, 0.1) is 11.9 Å². The Morgan fingerprint density at radius 2 is 1.81 bits per heavy atom. The number of ether oxygens (including phenoxy) is 1. The lowest BCUT2D eigenvalue weighted by Gasteiger charge is -2.16. The zero-order valence-corrected chi connectivity index (χ0v) is 14.9. The minimum Gasteiger partial charge on any atom is -0.484 e. The first-order chi connectivity index (χ1) is 13.0. The van der Waals surface area contributed by atoms with Gasteiger partial charge in [0, 0.05) is 30.9 Å². The van der Waals surface area contributed by atoms with Gasteiger partial charge in [0.2, 0.25) is 0 Å². The summed E-state index contributed by atoms with van der Waals surface area (Å²) in [5.74, 6) is -0.188. The average Bonchev–Trinajstić information content (AvgIpc) is 3.15. The van der Waals surface area contributed by atoms with Crippen molar-refractivity contribution in [3.8, 4) is 11.4 Å². The Balaban J connectivity index is 1.62. The van der Waals surface area contributed by atoms with Crippen LogP contribution in [0.3, 0.4) is 0 Å². The van der Waals surface area contributed by atoms with Gasteiger partial charge in [-0.2, -0.15) is 5.10 Å². The average molecular weight is 364 g/mol. The van der Waals surface area contributed by atoms with E-state index < -0.39 is 5.91 Å². The topological polar surface area (TPSA) is 90.4 Å². The third-order valence-electron chi connectivity index (χ3n) is 3.91. The summed E-state index contributed by atoms with van der Waals surface area (Å²) < 4.78 is 6.97. The van der Waals surface area contributed by atoms with Crippen LogP contribution < -0.4 is 10.5 Å². The zero-order valence-electron chi connectivity index (χ0n) is 14.9. The normalized spacial score (nSPS) is 10.4. The molecule has 0 radical (unpaired) electrons. The maximum atomic E-state index is 12.6. The first-order valence-electron chi connectivity index (χ1n) is 8.38. The van der Waals surface area contributed by atoms with E-state index in [1.807, 2.05) is 36.5 Å². The molecule has 0 aliphatic heterocycles. The molecule has 27 heavy (non-hydrogen) atoms. The summed E-state index contributed by atoms with van der Waals surface area (Å²) in [6, 6.07) is 16.4. The molecule has 0 saturated carbocycles. The van der Waals surface area contributed by atoms with Crippen LogP contribution in [0, 0.1) is 0 Å². The summed E-state index contributed by atoms with van der Waals surface area (Å²) in [5.41, 5.74) is 7.46. The van der Waals surface area contributed by atoms with Crippen molar-refractivity contribution in [3.63, 3.8) is 0 Å². The van der Waals surface area contributed by atoms with E-state index in [-0.39, 0.29) is 12.5 Å². The number of carbonyl (C=O) groups is 2. The number of hydrogen-bond acceptors (Lipinski definition) is 4. The molecule has 3 aromatic rings. The predicted octanol–water partition coefficient (Wildman–Crippen LogP) is 2.01. The summed E-state index contributed by atoms with van der Waals surface area (Å²) in [4.78, 5) is 24.9. The Labute approximate surface area is 157 Å². The first-order valence-corrected chi connectivity index (χ1v) is 8.38. The van der Waals surface area contributed by atoms with Crippen molar-refractivity contribution in [2.24, 2.45) is 5.73 Å². The minimum absolute atomic E-state index is 0.121. The maximum Gasteiger partial charge on any atom is 0.255 e. The lowest BCUT2D eigenvalue weighted by Crippen LogP contribution is -2.26. The monoisotopic (exact) mass is 364 g/mol. The molecule has 0 spiro atoms. The summed E-state index contributed by atoms with van der Waals surface area (Å²) in [6.45, 7) is 0.240. The summed E-state index contributed by atoms with van der Waals surface area (Å²) in [5, 5.41) is 4.34. The molecule has 0 bridgehead atoms. The number of hydrogen-bond donors (Lipinski definition) is 1. The van der Waals surface area contributed by atoms with Gasteiger partial charge in [0.1, 0.15) is 5.75 Å². The zero-order chi connectivity index (χ0) is 19.2. The van der Waals surface area contributed by atoms with Crippen molar-refractivity contribution in [2.45, 2.75) is 6.54 Å². The van der Waals surface area contributed by atoms with Gasteiger partial charge < -0.3 is 15.4 Å². The highest BCUT2D eigenvalue weighted by atomic mass is 16.5. The summed E-state index contributed by atoms with van der Waals surface area (Å²) in [7, 11) is 1.74. The van der Waals surface area contributed by atoms with Gasteiger partial charge in [-0.25, -0.2) is 4.68 Å². The quantitative estimate of drug-likeness (QED) is 0.694. The van der Waals surface area contributed by atoms with E-state index in [2.05, 4.69) is 5.10 Å². The van der Waals surface area contributed by atoms with Crippen LogP contribution in [0.15, 0.2) is 67.0 Å². The molecule has 1 heterocycles. The fourth-order valence-electron chi connectivity index (χ4n) is 2.58. The largest absolute Gasteiger partial charge is 0.484 e. The third-order valence-corrected chi connectivity index (χ3v) is 3.91. The molecular weight excluding hydrogens is 344 g/mol. The molecule has 0 aliphatic rings. The molecule has 7 nitrogen and oxygen atoms in total. The van der Waals surface area contributed by atoms with Crippen LogP contribution in [0.25, 0.3) is 5.69 Å². The van der Waals surface area contributed by atoms with Crippen LogP contribution in [-0.4, -0.2) is 40.1 Å². The van der Waals surface area contributed by atoms with E-state index >= 15 is 0 Å². The van der Waals surface area contributed by atoms with E-state index in [0.29, 0.717) is 17.9 Å². The molecule has 3 rings (SSSR count). The van der Waals surface area contributed by atoms with Gasteiger partial charge in [0.25, 0.3) is 11.8 Å². The smallest absolute Gasteiger partial charge is 0.255 e. The number of benzene rings is 2. The SMILES string of the molecule is CN(Cc1cnn(-c2ccccc2)c1)C(=O)c1ccc(OCC(N)=O)cc1. The highest BCUT2D eigenvalue weighted by Crippen LogP contribution is 2.15. The van der Waals surface area contributed by atoms with Crippen molar-refractivity contribution >= 4 is 11.8 Å². The third kappa shape index (κ3) is 4.72. The highest BCUT2D eigenvalue weighted by molar-refractivity contribution is 5.94. The number of primary amides is 1.